The highest BCUT2D eigenvalue weighted by Crippen LogP contribution is 2.50. The molecule has 5 heteroatoms. The van der Waals surface area contributed by atoms with Crippen LogP contribution in [0.15, 0.2) is 30.3 Å². The van der Waals surface area contributed by atoms with Gasteiger partial charge in [-0.3, -0.25) is 9.69 Å². The number of rotatable bonds is 4. The second-order valence-electron chi connectivity index (χ2n) is 6.64. The van der Waals surface area contributed by atoms with E-state index in [4.69, 9.17) is 9.47 Å². The molecule has 5 atom stereocenters. The minimum atomic E-state index is -0.230. The van der Waals surface area contributed by atoms with Gasteiger partial charge in [0.1, 0.15) is 12.2 Å². The molecule has 1 amide bonds. The molecule has 3 heterocycles. The van der Waals surface area contributed by atoms with Crippen LogP contribution in [0.1, 0.15) is 36.5 Å². The minimum Gasteiger partial charge on any atom is -0.450 e. The summed E-state index contributed by atoms with van der Waals surface area (Å²) in [6, 6.07) is 9.58. The third kappa shape index (κ3) is 2.53. The van der Waals surface area contributed by atoms with E-state index < -0.39 is 0 Å². The van der Waals surface area contributed by atoms with Gasteiger partial charge >= 0.3 is 6.09 Å². The number of amides is 1. The number of carbonyl (C=O) groups is 2. The lowest BCUT2D eigenvalue weighted by molar-refractivity contribution is 0.0166. The number of morpholine rings is 1. The number of hydrogen-bond donors (Lipinski definition) is 0. The zero-order chi connectivity index (χ0) is 16.0. The summed E-state index contributed by atoms with van der Waals surface area (Å²) in [4.78, 5) is 26.4. The van der Waals surface area contributed by atoms with Gasteiger partial charge in [0.05, 0.1) is 18.7 Å². The lowest BCUT2D eigenvalue weighted by atomic mass is 9.85. The Labute approximate surface area is 135 Å². The molecule has 1 aromatic carbocycles. The van der Waals surface area contributed by atoms with Crippen LogP contribution in [0.3, 0.4) is 0 Å². The van der Waals surface area contributed by atoms with Crippen LogP contribution in [-0.4, -0.2) is 47.7 Å². The Kier molecular flexibility index (Phi) is 3.60. The van der Waals surface area contributed by atoms with E-state index in [0.29, 0.717) is 18.9 Å². The van der Waals surface area contributed by atoms with Crippen molar-refractivity contribution in [3.63, 3.8) is 0 Å². The Balaban J connectivity index is 1.43. The number of ketones is 1. The molecule has 0 aliphatic carbocycles. The summed E-state index contributed by atoms with van der Waals surface area (Å²) >= 11 is 0. The standard InChI is InChI=1S/C18H21NO4/c1-2-22-18(21)19-13-8-11(9-14(19)17-16(13)23-17)10-15(20)12-6-4-3-5-7-12/h3-7,11,13-14,16-17H,2,8-10H2,1H3/t11?,13?,14?,16-,17+. The average molecular weight is 315 g/mol. The summed E-state index contributed by atoms with van der Waals surface area (Å²) in [5, 5.41) is 0. The van der Waals surface area contributed by atoms with Crippen molar-refractivity contribution in [3.8, 4) is 0 Å². The molecule has 1 aromatic rings. The maximum atomic E-state index is 12.4. The lowest BCUT2D eigenvalue weighted by Gasteiger charge is -2.39. The predicted octanol–water partition coefficient (Wildman–Crippen LogP) is 2.65. The Morgan fingerprint density at radius 2 is 1.83 bits per heavy atom. The van der Waals surface area contributed by atoms with E-state index in [0.717, 1.165) is 18.4 Å². The van der Waals surface area contributed by atoms with Gasteiger partial charge < -0.3 is 9.47 Å². The van der Waals surface area contributed by atoms with Crippen molar-refractivity contribution < 1.29 is 19.1 Å². The third-order valence-corrected chi connectivity index (χ3v) is 5.23. The number of epoxide rings is 1. The maximum absolute atomic E-state index is 12.4. The number of piperidine rings is 1. The van der Waals surface area contributed by atoms with Crippen LogP contribution in [0.25, 0.3) is 0 Å². The first-order valence-electron chi connectivity index (χ1n) is 8.38. The summed E-state index contributed by atoms with van der Waals surface area (Å²) in [6.07, 6.45) is 2.28. The van der Waals surface area contributed by atoms with Crippen molar-refractivity contribution in [3.05, 3.63) is 35.9 Å². The molecule has 0 radical (unpaired) electrons. The number of hydrogen-bond acceptors (Lipinski definition) is 4. The summed E-state index contributed by atoms with van der Waals surface area (Å²) < 4.78 is 10.9. The van der Waals surface area contributed by atoms with Crippen molar-refractivity contribution in [1.82, 2.24) is 4.90 Å². The molecule has 3 saturated heterocycles. The summed E-state index contributed by atoms with van der Waals surface area (Å²) in [5.74, 6) is 0.508. The lowest BCUT2D eigenvalue weighted by Crippen LogP contribution is -2.51. The first kappa shape index (κ1) is 14.7. The fourth-order valence-corrected chi connectivity index (χ4v) is 4.23. The monoisotopic (exact) mass is 315 g/mol. The van der Waals surface area contributed by atoms with E-state index >= 15 is 0 Å². The number of ether oxygens (including phenoxy) is 2. The van der Waals surface area contributed by atoms with Crippen LogP contribution >= 0.6 is 0 Å². The molecule has 3 unspecified atom stereocenters. The molecule has 23 heavy (non-hydrogen) atoms. The minimum absolute atomic E-state index is 0.0753. The molecule has 5 nitrogen and oxygen atoms in total. The second kappa shape index (κ2) is 5.64. The van der Waals surface area contributed by atoms with Crippen molar-refractivity contribution in [2.75, 3.05) is 6.61 Å². The smallest absolute Gasteiger partial charge is 0.410 e. The first-order valence-corrected chi connectivity index (χ1v) is 8.38. The van der Waals surface area contributed by atoms with Gasteiger partial charge in [-0.05, 0) is 25.7 Å². The van der Waals surface area contributed by atoms with E-state index in [1.54, 1.807) is 0 Å². The molecule has 0 aromatic heterocycles. The van der Waals surface area contributed by atoms with Crippen molar-refractivity contribution >= 4 is 11.9 Å². The maximum Gasteiger partial charge on any atom is 0.410 e. The van der Waals surface area contributed by atoms with Crippen molar-refractivity contribution in [2.24, 2.45) is 5.92 Å². The Morgan fingerprint density at radius 1 is 1.17 bits per heavy atom. The molecule has 2 bridgehead atoms. The first-order chi connectivity index (χ1) is 11.2. The van der Waals surface area contributed by atoms with Gasteiger partial charge in [0.15, 0.2) is 5.78 Å². The number of fused-ring (bicyclic) bond motifs is 5. The van der Waals surface area contributed by atoms with Crippen molar-refractivity contribution in [1.29, 1.82) is 0 Å². The molecular weight excluding hydrogens is 294 g/mol. The average Bonchev–Trinajstić information content (AvgIpc) is 3.32. The van der Waals surface area contributed by atoms with Gasteiger partial charge in [0, 0.05) is 12.0 Å². The van der Waals surface area contributed by atoms with E-state index in [1.807, 2.05) is 42.2 Å². The van der Waals surface area contributed by atoms with Gasteiger partial charge in [0.2, 0.25) is 0 Å². The van der Waals surface area contributed by atoms with Crippen molar-refractivity contribution in [2.45, 2.75) is 50.5 Å². The molecule has 122 valence electrons. The van der Waals surface area contributed by atoms with E-state index in [1.165, 1.54) is 0 Å². The molecule has 0 saturated carbocycles. The topological polar surface area (TPSA) is 59.1 Å². The van der Waals surface area contributed by atoms with Gasteiger partial charge in [-0.15, -0.1) is 0 Å². The zero-order valence-corrected chi connectivity index (χ0v) is 13.2. The van der Waals surface area contributed by atoms with E-state index in [-0.39, 0.29) is 36.2 Å². The Bertz CT molecular complexity index is 599. The highest BCUT2D eigenvalue weighted by molar-refractivity contribution is 5.96. The molecule has 3 aliphatic rings. The van der Waals surface area contributed by atoms with Gasteiger partial charge in [-0.25, -0.2) is 4.79 Å². The highest BCUT2D eigenvalue weighted by Gasteiger charge is 2.65. The molecule has 3 fully saturated rings. The van der Waals surface area contributed by atoms with Gasteiger partial charge in [0.25, 0.3) is 0 Å². The van der Waals surface area contributed by atoms with E-state index in [2.05, 4.69) is 0 Å². The number of benzene rings is 1. The third-order valence-electron chi connectivity index (χ3n) is 5.23. The largest absolute Gasteiger partial charge is 0.450 e. The molecule has 4 rings (SSSR count). The van der Waals surface area contributed by atoms with Gasteiger partial charge in [-0.1, -0.05) is 30.3 Å². The normalized spacial score (nSPS) is 34.0. The Morgan fingerprint density at radius 3 is 2.43 bits per heavy atom. The fourth-order valence-electron chi connectivity index (χ4n) is 4.23. The highest BCUT2D eigenvalue weighted by atomic mass is 16.6. The SMILES string of the molecule is CCOC(=O)N1C2CC(CC(=O)c3ccccc3)CC1[C@@H]1O[C@H]21. The van der Waals surface area contributed by atoms with Crippen LogP contribution in [0, 0.1) is 5.92 Å². The van der Waals surface area contributed by atoms with Gasteiger partial charge in [-0.2, -0.15) is 0 Å². The molecule has 0 spiro atoms. The second-order valence-corrected chi connectivity index (χ2v) is 6.64. The zero-order valence-electron chi connectivity index (χ0n) is 13.2. The fraction of sp³-hybridized carbons (Fsp3) is 0.556. The van der Waals surface area contributed by atoms with Crippen LogP contribution in [-0.2, 0) is 9.47 Å². The predicted molar refractivity (Wildman–Crippen MR) is 83.2 cm³/mol. The van der Waals surface area contributed by atoms with Crippen LogP contribution in [0.2, 0.25) is 0 Å². The van der Waals surface area contributed by atoms with Crippen LogP contribution in [0.5, 0.6) is 0 Å². The number of nitrogens with zero attached hydrogens (tertiary/aromatic N) is 1. The van der Waals surface area contributed by atoms with E-state index in [9.17, 15) is 9.59 Å². The molecule has 3 aliphatic heterocycles. The quantitative estimate of drug-likeness (QED) is 0.633. The molecule has 0 N–H and O–H groups in total. The van der Waals surface area contributed by atoms with Crippen LogP contribution < -0.4 is 0 Å². The summed E-state index contributed by atoms with van der Waals surface area (Å²) in [7, 11) is 0. The van der Waals surface area contributed by atoms with Crippen LogP contribution in [0.4, 0.5) is 4.79 Å². The number of carbonyl (C=O) groups excluding carboxylic acids is 2. The molecular formula is C18H21NO4. The number of Topliss-reactive ketones (excluding diaryl/α,β-unsaturated/α-hetero) is 1. The summed E-state index contributed by atoms with van der Waals surface area (Å²) in [5.41, 5.74) is 0.772. The summed E-state index contributed by atoms with van der Waals surface area (Å²) in [6.45, 7) is 2.21. The Hall–Kier alpha value is -1.88.